The van der Waals surface area contributed by atoms with Crippen LogP contribution in [0.25, 0.3) is 0 Å². The van der Waals surface area contributed by atoms with E-state index in [1.54, 1.807) is 31.2 Å². The van der Waals surface area contributed by atoms with Gasteiger partial charge in [0, 0.05) is 37.8 Å². The Morgan fingerprint density at radius 2 is 1.41 bits per heavy atom. The number of hydrogen-bond acceptors (Lipinski definition) is 16. The van der Waals surface area contributed by atoms with Crippen molar-refractivity contribution in [1.29, 1.82) is 0 Å². The first-order valence-electron chi connectivity index (χ1n) is 21.3. The van der Waals surface area contributed by atoms with Crippen LogP contribution < -0.4 is 14.2 Å². The number of carbonyl (C=O) groups excluding carboxylic acids is 7. The molecule has 2 aromatic carbocycles. The van der Waals surface area contributed by atoms with Crippen molar-refractivity contribution < 1.29 is 76.2 Å². The summed E-state index contributed by atoms with van der Waals surface area (Å²) in [6.45, 7) is 9.40. The molecule has 0 spiro atoms. The lowest BCUT2D eigenvalue weighted by atomic mass is 9.94. The molecule has 346 valence electrons. The molecule has 0 fully saturated rings. The van der Waals surface area contributed by atoms with Crippen molar-refractivity contribution in [3.8, 4) is 17.2 Å². The summed E-state index contributed by atoms with van der Waals surface area (Å²) in [6, 6.07) is 6.55. The first-order chi connectivity index (χ1) is 30.0. The van der Waals surface area contributed by atoms with E-state index in [4.69, 9.17) is 42.6 Å². The molecule has 0 amide bonds. The molecule has 2 unspecified atom stereocenters. The SMILES string of the molecule is COC(=O)CC/C(C)=C/Cc1c(OC)c(C)c2c(c1OC(=O)OCc1ccc(OC(=O)C(C)CCCCCCCC(C)CC(=O)OC(COC(C)=O)COC(C)=O)cc1)C(=O)OC2. The average Bonchev–Trinajstić information content (AvgIpc) is 3.64. The molecule has 0 bridgehead atoms. The lowest BCUT2D eigenvalue weighted by Gasteiger charge is -2.18. The molecule has 0 N–H and O–H groups in total. The van der Waals surface area contributed by atoms with Gasteiger partial charge in [-0.25, -0.2) is 9.59 Å². The second-order valence-corrected chi connectivity index (χ2v) is 15.7. The number of fused-ring (bicyclic) bond motifs is 1. The normalized spacial score (nSPS) is 13.0. The van der Waals surface area contributed by atoms with Crippen molar-refractivity contribution >= 4 is 42.0 Å². The van der Waals surface area contributed by atoms with E-state index in [1.807, 2.05) is 26.8 Å². The van der Waals surface area contributed by atoms with Crippen LogP contribution in [0, 0.1) is 18.8 Å². The number of methoxy groups -OCH3 is 2. The first kappa shape index (κ1) is 51.4. The predicted molar refractivity (Wildman–Crippen MR) is 227 cm³/mol. The third kappa shape index (κ3) is 17.8. The van der Waals surface area contributed by atoms with Gasteiger partial charge in [-0.15, -0.1) is 0 Å². The zero-order valence-corrected chi connectivity index (χ0v) is 37.8. The highest BCUT2D eigenvalue weighted by molar-refractivity contribution is 5.99. The molecule has 16 heteroatoms. The molecule has 1 aliphatic heterocycles. The summed E-state index contributed by atoms with van der Waals surface area (Å²) in [5, 5.41) is 0. The molecule has 2 aromatic rings. The summed E-state index contributed by atoms with van der Waals surface area (Å²) in [6.07, 6.45) is 7.22. The van der Waals surface area contributed by atoms with Crippen LogP contribution in [0.4, 0.5) is 4.79 Å². The highest BCUT2D eigenvalue weighted by Crippen LogP contribution is 2.43. The van der Waals surface area contributed by atoms with Gasteiger partial charge in [0.15, 0.2) is 11.9 Å². The molecule has 63 heavy (non-hydrogen) atoms. The number of benzene rings is 2. The van der Waals surface area contributed by atoms with Gasteiger partial charge < -0.3 is 42.6 Å². The predicted octanol–water partition coefficient (Wildman–Crippen LogP) is 8.17. The molecule has 1 aliphatic rings. The van der Waals surface area contributed by atoms with E-state index in [0.29, 0.717) is 46.6 Å². The van der Waals surface area contributed by atoms with Gasteiger partial charge in [-0.2, -0.15) is 0 Å². The van der Waals surface area contributed by atoms with Gasteiger partial charge in [-0.1, -0.05) is 76.2 Å². The summed E-state index contributed by atoms with van der Waals surface area (Å²) < 4.78 is 47.6. The van der Waals surface area contributed by atoms with E-state index in [2.05, 4.69) is 0 Å². The maximum absolute atomic E-state index is 13.1. The van der Waals surface area contributed by atoms with Crippen LogP contribution in [0.15, 0.2) is 35.9 Å². The second kappa shape index (κ2) is 26.5. The van der Waals surface area contributed by atoms with Crippen LogP contribution in [-0.2, 0) is 72.0 Å². The van der Waals surface area contributed by atoms with Crippen molar-refractivity contribution in [2.24, 2.45) is 11.8 Å². The van der Waals surface area contributed by atoms with E-state index in [1.165, 1.54) is 28.1 Å². The fourth-order valence-corrected chi connectivity index (χ4v) is 6.78. The Morgan fingerprint density at radius 1 is 0.778 bits per heavy atom. The average molecular weight is 883 g/mol. The zero-order chi connectivity index (χ0) is 46.5. The van der Waals surface area contributed by atoms with Crippen molar-refractivity contribution in [2.75, 3.05) is 27.4 Å². The van der Waals surface area contributed by atoms with Crippen molar-refractivity contribution in [3.05, 3.63) is 63.7 Å². The van der Waals surface area contributed by atoms with Gasteiger partial charge >= 0.3 is 42.0 Å². The number of unbranched alkanes of at least 4 members (excludes halogenated alkanes) is 4. The van der Waals surface area contributed by atoms with Crippen molar-refractivity contribution in [3.63, 3.8) is 0 Å². The minimum Gasteiger partial charge on any atom is -0.496 e. The largest absolute Gasteiger partial charge is 0.514 e. The summed E-state index contributed by atoms with van der Waals surface area (Å²) in [7, 11) is 2.81. The van der Waals surface area contributed by atoms with Crippen molar-refractivity contribution in [1.82, 2.24) is 0 Å². The number of hydrogen-bond donors (Lipinski definition) is 0. The summed E-state index contributed by atoms with van der Waals surface area (Å²) in [5.41, 5.74) is 3.31. The van der Waals surface area contributed by atoms with Crippen LogP contribution in [0.2, 0.25) is 0 Å². The lowest BCUT2D eigenvalue weighted by Crippen LogP contribution is -2.30. The van der Waals surface area contributed by atoms with E-state index in [9.17, 15) is 33.6 Å². The standard InChI is InChI=1S/C47H62O16/c1-29(17-23-40(50)55-7)16-22-38-43(56-8)32(4)39-28-59-46(53)42(39)44(38)63-47(54)60-25-35-18-20-36(21-19-35)62-45(52)31(3)15-13-11-9-10-12-14-30(2)24-41(51)61-37(26-57-33(5)48)27-58-34(6)49/h16,18-21,30-31,37H,9-15,17,22-28H2,1-8H3/b29-16+. The van der Waals surface area contributed by atoms with E-state index in [-0.39, 0.29) is 80.8 Å². The molecular weight excluding hydrogens is 821 g/mol. The Hall–Kier alpha value is -5.93. The van der Waals surface area contributed by atoms with Gasteiger partial charge in [0.2, 0.25) is 0 Å². The van der Waals surface area contributed by atoms with E-state index < -0.39 is 36.1 Å². The molecule has 0 saturated heterocycles. The molecule has 0 saturated carbocycles. The summed E-state index contributed by atoms with van der Waals surface area (Å²) in [5.74, 6) is -2.28. The van der Waals surface area contributed by atoms with Crippen molar-refractivity contribution in [2.45, 2.75) is 131 Å². The zero-order valence-electron chi connectivity index (χ0n) is 37.8. The second-order valence-electron chi connectivity index (χ2n) is 15.7. The Morgan fingerprint density at radius 3 is 2.03 bits per heavy atom. The fourth-order valence-electron chi connectivity index (χ4n) is 6.78. The summed E-state index contributed by atoms with van der Waals surface area (Å²) >= 11 is 0. The van der Waals surface area contributed by atoms with Crippen LogP contribution in [0.3, 0.4) is 0 Å². The highest BCUT2D eigenvalue weighted by Gasteiger charge is 2.34. The minimum atomic E-state index is -1.05. The molecular formula is C47H62O16. The number of ether oxygens (including phenoxy) is 9. The first-order valence-corrected chi connectivity index (χ1v) is 21.3. The third-order valence-corrected chi connectivity index (χ3v) is 10.4. The van der Waals surface area contributed by atoms with E-state index in [0.717, 1.165) is 44.1 Å². The monoisotopic (exact) mass is 882 g/mol. The number of allylic oxidation sites excluding steroid dienone is 2. The molecule has 0 radical (unpaired) electrons. The fraction of sp³-hybridized carbons (Fsp3) is 0.553. The molecule has 16 nitrogen and oxygen atoms in total. The quantitative estimate of drug-likeness (QED) is 0.0218. The third-order valence-electron chi connectivity index (χ3n) is 10.4. The molecule has 0 aromatic heterocycles. The summed E-state index contributed by atoms with van der Waals surface area (Å²) in [4.78, 5) is 85.0. The number of cyclic esters (lactones) is 1. The van der Waals surface area contributed by atoms with Gasteiger partial charge in [0.1, 0.15) is 43.5 Å². The van der Waals surface area contributed by atoms with Gasteiger partial charge in [0.05, 0.1) is 20.1 Å². The van der Waals surface area contributed by atoms with Crippen LogP contribution in [0.5, 0.6) is 17.2 Å². The Bertz CT molecular complexity index is 1910. The number of rotatable bonds is 26. The Labute approximate surface area is 369 Å². The number of esters is 6. The van der Waals surface area contributed by atoms with E-state index >= 15 is 0 Å². The van der Waals surface area contributed by atoms with Crippen LogP contribution in [0.1, 0.15) is 131 Å². The van der Waals surface area contributed by atoms with Gasteiger partial charge in [0.25, 0.3) is 0 Å². The maximum atomic E-state index is 13.1. The van der Waals surface area contributed by atoms with Crippen LogP contribution >= 0.6 is 0 Å². The molecule has 1 heterocycles. The molecule has 2 atom stereocenters. The molecule has 0 aliphatic carbocycles. The van der Waals surface area contributed by atoms with Gasteiger partial charge in [-0.3, -0.25) is 24.0 Å². The lowest BCUT2D eigenvalue weighted by molar-refractivity contribution is -0.166. The Kier molecular flexibility index (Phi) is 21.6. The maximum Gasteiger partial charge on any atom is 0.514 e. The molecule has 3 rings (SSSR count). The smallest absolute Gasteiger partial charge is 0.496 e. The number of carbonyl (C=O) groups is 7. The Balaban J connectivity index is 1.41. The van der Waals surface area contributed by atoms with Gasteiger partial charge in [-0.05, 0) is 62.3 Å². The van der Waals surface area contributed by atoms with Crippen LogP contribution in [-0.4, -0.2) is 75.5 Å². The minimum absolute atomic E-state index is 0.00418. The topological polar surface area (TPSA) is 203 Å². The highest BCUT2D eigenvalue weighted by atomic mass is 16.7.